The number of H-pyrrole nitrogens is 2. The molecule has 1 amide bonds. The van der Waals surface area contributed by atoms with Crippen LogP contribution in [0.3, 0.4) is 0 Å². The van der Waals surface area contributed by atoms with Gasteiger partial charge in [0.2, 0.25) is 5.91 Å². The zero-order valence-electron chi connectivity index (χ0n) is 20.7. The van der Waals surface area contributed by atoms with Crippen molar-refractivity contribution < 1.29 is 9.18 Å². The fraction of sp³-hybridized carbons (Fsp3) is 0.0345. The lowest BCUT2D eigenvalue weighted by atomic mass is 10.1. The van der Waals surface area contributed by atoms with Crippen molar-refractivity contribution in [3.63, 3.8) is 0 Å². The first kappa shape index (κ1) is 23.8. The second-order valence-corrected chi connectivity index (χ2v) is 9.89. The van der Waals surface area contributed by atoms with Gasteiger partial charge in [0.1, 0.15) is 11.5 Å². The quantitative estimate of drug-likeness (QED) is 0.235. The molecule has 40 heavy (non-hydrogen) atoms. The third kappa shape index (κ3) is 4.28. The van der Waals surface area contributed by atoms with Gasteiger partial charge in [-0.05, 0) is 40.1 Å². The average Bonchev–Trinajstić information content (AvgIpc) is 3.73. The van der Waals surface area contributed by atoms with Gasteiger partial charge in [-0.1, -0.05) is 30.3 Å². The van der Waals surface area contributed by atoms with Crippen LogP contribution in [-0.4, -0.2) is 41.0 Å². The molecule has 6 aromatic heterocycles. The molecule has 0 saturated heterocycles. The molecule has 0 atom stereocenters. The minimum Gasteiger partial charge on any atom is -0.335 e. The highest BCUT2D eigenvalue weighted by Gasteiger charge is 2.21. The molecule has 0 fully saturated rings. The summed E-state index contributed by atoms with van der Waals surface area (Å²) in [5.74, 6) is -0.336. The average molecular weight is 547 g/mol. The molecule has 0 bridgehead atoms. The summed E-state index contributed by atoms with van der Waals surface area (Å²) < 4.78 is 16.1. The lowest BCUT2D eigenvalue weighted by Crippen LogP contribution is -2.14. The Morgan fingerprint density at radius 3 is 2.73 bits per heavy atom. The van der Waals surface area contributed by atoms with Crippen molar-refractivity contribution in [3.05, 3.63) is 95.5 Å². The van der Waals surface area contributed by atoms with Gasteiger partial charge in [-0.3, -0.25) is 14.9 Å². The third-order valence-corrected chi connectivity index (χ3v) is 7.20. The van der Waals surface area contributed by atoms with Crippen LogP contribution in [0.15, 0.2) is 84.1 Å². The summed E-state index contributed by atoms with van der Waals surface area (Å²) in [7, 11) is 0. The first-order valence-electron chi connectivity index (χ1n) is 12.3. The van der Waals surface area contributed by atoms with Crippen molar-refractivity contribution in [2.45, 2.75) is 6.42 Å². The SMILES string of the molecule is O=C(Cc1ccccc1)Nc1cncc(-c2cnc3n[nH]c(-c4nc5nccc(-c6ccsc6)c5[nH]4)c3c2F)c1. The van der Waals surface area contributed by atoms with Crippen molar-refractivity contribution in [2.75, 3.05) is 5.32 Å². The maximum Gasteiger partial charge on any atom is 0.228 e. The number of aromatic amines is 2. The van der Waals surface area contributed by atoms with Gasteiger partial charge in [-0.15, -0.1) is 0 Å². The highest BCUT2D eigenvalue weighted by Crippen LogP contribution is 2.34. The van der Waals surface area contributed by atoms with E-state index in [1.165, 1.54) is 18.6 Å². The molecule has 3 N–H and O–H groups in total. The number of hydrogen-bond donors (Lipinski definition) is 3. The number of carbonyl (C=O) groups is 1. The van der Waals surface area contributed by atoms with Gasteiger partial charge in [0, 0.05) is 35.3 Å². The number of anilines is 1. The molecule has 7 rings (SSSR count). The van der Waals surface area contributed by atoms with E-state index in [1.807, 2.05) is 53.2 Å². The topological polar surface area (TPSA) is 125 Å². The van der Waals surface area contributed by atoms with E-state index >= 15 is 4.39 Å². The number of halogens is 1. The van der Waals surface area contributed by atoms with E-state index in [1.54, 1.807) is 23.6 Å². The monoisotopic (exact) mass is 546 g/mol. The molecule has 0 aliphatic carbocycles. The normalized spacial score (nSPS) is 11.3. The van der Waals surface area contributed by atoms with Gasteiger partial charge >= 0.3 is 0 Å². The van der Waals surface area contributed by atoms with E-state index in [4.69, 9.17) is 0 Å². The molecular formula is C29H19FN8OS. The second-order valence-electron chi connectivity index (χ2n) is 9.11. The minimum absolute atomic E-state index is 0.187. The minimum atomic E-state index is -0.533. The molecule has 1 aromatic carbocycles. The van der Waals surface area contributed by atoms with Crippen LogP contribution in [0.1, 0.15) is 5.56 Å². The smallest absolute Gasteiger partial charge is 0.228 e. The fourth-order valence-corrected chi connectivity index (χ4v) is 5.31. The summed E-state index contributed by atoms with van der Waals surface area (Å²) in [6.45, 7) is 0. The summed E-state index contributed by atoms with van der Waals surface area (Å²) in [4.78, 5) is 33.4. The van der Waals surface area contributed by atoms with E-state index in [9.17, 15) is 4.79 Å². The Labute approximate surface area is 230 Å². The predicted octanol–water partition coefficient (Wildman–Crippen LogP) is 6.01. The maximum absolute atomic E-state index is 16.1. The lowest BCUT2D eigenvalue weighted by Gasteiger charge is -2.08. The number of aromatic nitrogens is 7. The van der Waals surface area contributed by atoms with Crippen LogP contribution < -0.4 is 5.32 Å². The molecule has 0 saturated carbocycles. The number of benzene rings is 1. The third-order valence-electron chi connectivity index (χ3n) is 6.52. The molecule has 0 spiro atoms. The zero-order valence-corrected chi connectivity index (χ0v) is 21.5. The van der Waals surface area contributed by atoms with Crippen molar-refractivity contribution in [1.82, 2.24) is 35.1 Å². The van der Waals surface area contributed by atoms with Gasteiger partial charge in [0.25, 0.3) is 0 Å². The van der Waals surface area contributed by atoms with Gasteiger partial charge in [0.05, 0.1) is 29.2 Å². The van der Waals surface area contributed by atoms with Crippen molar-refractivity contribution in [1.29, 1.82) is 0 Å². The predicted molar refractivity (Wildman–Crippen MR) is 152 cm³/mol. The first-order chi connectivity index (χ1) is 19.6. The Bertz CT molecular complexity index is 2000. The number of amides is 1. The van der Waals surface area contributed by atoms with Crippen LogP contribution in [0.5, 0.6) is 0 Å². The summed E-state index contributed by atoms with van der Waals surface area (Å²) in [5.41, 5.74) is 5.83. The Morgan fingerprint density at radius 2 is 1.88 bits per heavy atom. The zero-order chi connectivity index (χ0) is 27.1. The van der Waals surface area contributed by atoms with Crippen LogP contribution >= 0.6 is 11.3 Å². The largest absolute Gasteiger partial charge is 0.335 e. The van der Waals surface area contributed by atoms with Crippen LogP contribution in [0, 0.1) is 5.82 Å². The van der Waals surface area contributed by atoms with Gasteiger partial charge in [-0.25, -0.2) is 19.3 Å². The van der Waals surface area contributed by atoms with Crippen LogP contribution in [0.2, 0.25) is 0 Å². The Morgan fingerprint density at radius 1 is 0.975 bits per heavy atom. The highest BCUT2D eigenvalue weighted by molar-refractivity contribution is 7.08. The number of thiophene rings is 1. The maximum atomic E-state index is 16.1. The summed E-state index contributed by atoms with van der Waals surface area (Å²) in [5, 5.41) is 14.2. The van der Waals surface area contributed by atoms with Crippen LogP contribution in [0.25, 0.3) is 56.0 Å². The Hall–Kier alpha value is -5.29. The number of carbonyl (C=O) groups excluding carboxylic acids is 1. The second kappa shape index (κ2) is 9.79. The molecule has 11 heteroatoms. The first-order valence-corrected chi connectivity index (χ1v) is 13.3. The molecule has 194 valence electrons. The van der Waals surface area contributed by atoms with E-state index in [-0.39, 0.29) is 28.9 Å². The molecular weight excluding hydrogens is 527 g/mol. The Balaban J connectivity index is 1.24. The number of pyridine rings is 3. The number of rotatable bonds is 6. The lowest BCUT2D eigenvalue weighted by molar-refractivity contribution is -0.115. The number of fused-ring (bicyclic) bond motifs is 2. The fourth-order valence-electron chi connectivity index (χ4n) is 4.65. The molecule has 6 heterocycles. The van der Waals surface area contributed by atoms with Gasteiger partial charge in [-0.2, -0.15) is 16.4 Å². The van der Waals surface area contributed by atoms with Crippen molar-refractivity contribution in [3.8, 4) is 33.8 Å². The van der Waals surface area contributed by atoms with Crippen molar-refractivity contribution >= 4 is 45.1 Å². The van der Waals surface area contributed by atoms with Crippen LogP contribution in [-0.2, 0) is 11.2 Å². The summed E-state index contributed by atoms with van der Waals surface area (Å²) >= 11 is 1.60. The number of nitrogens with zero attached hydrogens (tertiary/aromatic N) is 5. The van der Waals surface area contributed by atoms with Gasteiger partial charge in [0.15, 0.2) is 17.1 Å². The van der Waals surface area contributed by atoms with E-state index < -0.39 is 5.82 Å². The van der Waals surface area contributed by atoms with E-state index in [0.717, 1.165) is 22.2 Å². The number of imidazole rings is 1. The standard InChI is InChI=1S/C29H19FN8OS/c30-24-21(18-11-19(13-31-12-18)34-22(39)10-16-4-2-1-3-5-16)14-33-27-23(24)26(37-38-27)29-35-25-20(17-7-9-40-15-17)6-8-32-28(25)36-29/h1-9,11-15H,10H2,(H,34,39)(H,32,35,36)(H,33,37,38). The molecule has 0 unspecified atom stereocenters. The molecule has 0 radical (unpaired) electrons. The number of nitrogens with one attached hydrogen (secondary N) is 3. The molecule has 9 nitrogen and oxygen atoms in total. The van der Waals surface area contributed by atoms with E-state index in [0.29, 0.717) is 28.4 Å². The van der Waals surface area contributed by atoms with Crippen LogP contribution in [0.4, 0.5) is 10.1 Å². The van der Waals surface area contributed by atoms with Gasteiger partial charge < -0.3 is 10.3 Å². The summed E-state index contributed by atoms with van der Waals surface area (Å²) in [6.07, 6.45) is 6.36. The highest BCUT2D eigenvalue weighted by atomic mass is 32.1. The molecule has 0 aliphatic heterocycles. The van der Waals surface area contributed by atoms with Crippen molar-refractivity contribution in [2.24, 2.45) is 0 Å². The number of hydrogen-bond acceptors (Lipinski definition) is 7. The summed E-state index contributed by atoms with van der Waals surface area (Å²) in [6, 6.07) is 15.0. The van der Waals surface area contributed by atoms with E-state index in [2.05, 4.69) is 40.4 Å². The molecule has 7 aromatic rings. The molecule has 0 aliphatic rings. The Kier molecular flexibility index (Phi) is 5.82.